The topological polar surface area (TPSA) is 32.3 Å². The lowest BCUT2D eigenvalue weighted by Gasteiger charge is -2.25. The highest BCUT2D eigenvalue weighted by Gasteiger charge is 2.20. The molecule has 2 N–H and O–H groups in total. The van der Waals surface area contributed by atoms with Crippen molar-refractivity contribution in [1.29, 1.82) is 0 Å². The number of nitrogens with one attached hydrogen (secondary N) is 1. The van der Waals surface area contributed by atoms with Crippen LogP contribution in [0.4, 0.5) is 0 Å². The first-order chi connectivity index (χ1) is 3.98. The molecule has 0 heterocycles. The van der Waals surface area contributed by atoms with Crippen LogP contribution in [0, 0.1) is 5.41 Å². The molecular weight excluding hydrogens is 114 g/mol. The third-order valence-corrected chi connectivity index (χ3v) is 1.40. The van der Waals surface area contributed by atoms with E-state index in [2.05, 4.69) is 5.32 Å². The van der Waals surface area contributed by atoms with Crippen molar-refractivity contribution < 1.29 is 5.11 Å². The molecule has 0 bridgehead atoms. The van der Waals surface area contributed by atoms with Gasteiger partial charge in [-0.1, -0.05) is 20.8 Å². The highest BCUT2D eigenvalue weighted by molar-refractivity contribution is 4.73. The van der Waals surface area contributed by atoms with Crippen LogP contribution in [0.3, 0.4) is 0 Å². The molecule has 2 nitrogen and oxygen atoms in total. The van der Waals surface area contributed by atoms with Crippen molar-refractivity contribution >= 4 is 0 Å². The van der Waals surface area contributed by atoms with E-state index >= 15 is 0 Å². The van der Waals surface area contributed by atoms with Crippen LogP contribution in [-0.2, 0) is 0 Å². The Kier molecular flexibility index (Phi) is 3.15. The van der Waals surface area contributed by atoms with Crippen molar-refractivity contribution in [2.45, 2.75) is 26.9 Å². The van der Waals surface area contributed by atoms with Crippen molar-refractivity contribution in [3.8, 4) is 0 Å². The maximum Gasteiger partial charge on any atom is 0.0712 e. The summed E-state index contributed by atoms with van der Waals surface area (Å²) >= 11 is 0. The zero-order valence-electron chi connectivity index (χ0n) is 6.73. The van der Waals surface area contributed by atoms with E-state index in [-0.39, 0.29) is 11.5 Å². The Labute approximate surface area is 57.3 Å². The Morgan fingerprint density at radius 1 is 1.44 bits per heavy atom. The minimum atomic E-state index is -0.248. The molecule has 0 spiro atoms. The van der Waals surface area contributed by atoms with Gasteiger partial charge in [0, 0.05) is 6.54 Å². The lowest BCUT2D eigenvalue weighted by molar-refractivity contribution is 0.0648. The maximum atomic E-state index is 9.32. The smallest absolute Gasteiger partial charge is 0.0712 e. The van der Waals surface area contributed by atoms with Crippen LogP contribution in [0.15, 0.2) is 0 Å². The van der Waals surface area contributed by atoms with Gasteiger partial charge in [0.15, 0.2) is 0 Å². The zero-order valence-corrected chi connectivity index (χ0v) is 6.73. The molecule has 0 aliphatic rings. The largest absolute Gasteiger partial charge is 0.391 e. The summed E-state index contributed by atoms with van der Waals surface area (Å²) in [4.78, 5) is 0. The third kappa shape index (κ3) is 3.49. The first kappa shape index (κ1) is 8.92. The van der Waals surface area contributed by atoms with Gasteiger partial charge >= 0.3 is 0 Å². The Bertz CT molecular complexity index is 75.5. The normalized spacial score (nSPS) is 15.7. The predicted octanol–water partition coefficient (Wildman–Crippen LogP) is 0.613. The summed E-state index contributed by atoms with van der Waals surface area (Å²) in [5.74, 6) is 0. The van der Waals surface area contributed by atoms with E-state index in [1.165, 1.54) is 0 Å². The van der Waals surface area contributed by atoms with E-state index in [4.69, 9.17) is 0 Å². The number of likely N-dealkylation sites (N-methyl/N-ethyl adjacent to an activating group) is 1. The van der Waals surface area contributed by atoms with Gasteiger partial charge in [-0.2, -0.15) is 0 Å². The summed E-state index contributed by atoms with van der Waals surface area (Å²) in [6.07, 6.45) is -0.248. The second-order valence-electron chi connectivity index (χ2n) is 3.44. The van der Waals surface area contributed by atoms with Gasteiger partial charge in [0.1, 0.15) is 0 Å². The second kappa shape index (κ2) is 3.18. The number of aliphatic hydroxyl groups is 1. The fourth-order valence-corrected chi connectivity index (χ4v) is 0.500. The van der Waals surface area contributed by atoms with E-state index in [1.807, 2.05) is 27.8 Å². The lowest BCUT2D eigenvalue weighted by Crippen LogP contribution is -2.34. The van der Waals surface area contributed by atoms with Crippen LogP contribution in [0.2, 0.25) is 0 Å². The molecule has 0 aromatic rings. The lowest BCUT2D eigenvalue weighted by atomic mass is 9.89. The molecule has 0 radical (unpaired) electrons. The average molecular weight is 131 g/mol. The fourth-order valence-electron chi connectivity index (χ4n) is 0.500. The summed E-state index contributed by atoms with van der Waals surface area (Å²) in [6.45, 7) is 6.74. The van der Waals surface area contributed by atoms with Gasteiger partial charge in [0.25, 0.3) is 0 Å². The van der Waals surface area contributed by atoms with Gasteiger partial charge in [-0.3, -0.25) is 0 Å². The van der Waals surface area contributed by atoms with E-state index in [9.17, 15) is 5.11 Å². The maximum absolute atomic E-state index is 9.32. The van der Waals surface area contributed by atoms with Crippen molar-refractivity contribution in [1.82, 2.24) is 5.32 Å². The molecular formula is C7H17NO. The minimum absolute atomic E-state index is 0.00299. The molecule has 0 rings (SSSR count). The predicted molar refractivity (Wildman–Crippen MR) is 39.4 cm³/mol. The van der Waals surface area contributed by atoms with E-state index < -0.39 is 0 Å². The molecule has 0 fully saturated rings. The van der Waals surface area contributed by atoms with Crippen LogP contribution in [-0.4, -0.2) is 24.8 Å². The highest BCUT2D eigenvalue weighted by Crippen LogP contribution is 2.17. The number of rotatable bonds is 2. The molecule has 1 atom stereocenters. The van der Waals surface area contributed by atoms with Gasteiger partial charge in [0.05, 0.1) is 6.10 Å². The first-order valence-electron chi connectivity index (χ1n) is 3.31. The monoisotopic (exact) mass is 131 g/mol. The van der Waals surface area contributed by atoms with Crippen LogP contribution < -0.4 is 5.32 Å². The summed E-state index contributed by atoms with van der Waals surface area (Å²) in [5.41, 5.74) is 0.00299. The summed E-state index contributed by atoms with van der Waals surface area (Å²) in [7, 11) is 1.84. The number of aliphatic hydroxyl groups excluding tert-OH is 1. The van der Waals surface area contributed by atoms with Crippen LogP contribution in [0.1, 0.15) is 20.8 Å². The Balaban J connectivity index is 3.59. The molecule has 0 saturated carbocycles. The molecule has 0 unspecified atom stereocenters. The molecule has 0 aliphatic carbocycles. The molecule has 56 valence electrons. The second-order valence-corrected chi connectivity index (χ2v) is 3.44. The van der Waals surface area contributed by atoms with Crippen LogP contribution in [0.5, 0.6) is 0 Å². The van der Waals surface area contributed by atoms with E-state index in [1.54, 1.807) is 0 Å². The average Bonchev–Trinajstić information content (AvgIpc) is 1.64. The molecule has 9 heavy (non-hydrogen) atoms. The number of hydrogen-bond acceptors (Lipinski definition) is 2. The van der Waals surface area contributed by atoms with E-state index in [0.717, 1.165) is 0 Å². The SMILES string of the molecule is CNC[C@H](O)C(C)(C)C. The van der Waals surface area contributed by atoms with Crippen molar-refractivity contribution in [2.24, 2.45) is 5.41 Å². The highest BCUT2D eigenvalue weighted by atomic mass is 16.3. The molecule has 0 aromatic carbocycles. The van der Waals surface area contributed by atoms with Crippen molar-refractivity contribution in [3.63, 3.8) is 0 Å². The summed E-state index contributed by atoms with van der Waals surface area (Å²) in [6, 6.07) is 0. The van der Waals surface area contributed by atoms with Gasteiger partial charge in [-0.15, -0.1) is 0 Å². The number of hydrogen-bond donors (Lipinski definition) is 2. The Morgan fingerprint density at radius 2 is 1.89 bits per heavy atom. The zero-order chi connectivity index (χ0) is 7.49. The summed E-state index contributed by atoms with van der Waals surface area (Å²) in [5, 5.41) is 12.2. The Hall–Kier alpha value is -0.0800. The standard InChI is InChI=1S/C7H17NO/c1-7(2,3)6(9)5-8-4/h6,8-9H,5H2,1-4H3/t6-/m0/s1. The fraction of sp³-hybridized carbons (Fsp3) is 1.00. The molecule has 2 heteroatoms. The van der Waals surface area contributed by atoms with Crippen LogP contribution in [0.25, 0.3) is 0 Å². The van der Waals surface area contributed by atoms with Gasteiger partial charge in [-0.25, -0.2) is 0 Å². The molecule has 0 aromatic heterocycles. The van der Waals surface area contributed by atoms with Crippen LogP contribution >= 0.6 is 0 Å². The first-order valence-corrected chi connectivity index (χ1v) is 3.31. The van der Waals surface area contributed by atoms with E-state index in [0.29, 0.717) is 6.54 Å². The molecule has 0 amide bonds. The summed E-state index contributed by atoms with van der Waals surface area (Å²) < 4.78 is 0. The third-order valence-electron chi connectivity index (χ3n) is 1.40. The minimum Gasteiger partial charge on any atom is -0.391 e. The molecule has 0 saturated heterocycles. The molecule has 0 aliphatic heterocycles. The Morgan fingerprint density at radius 3 is 2.00 bits per heavy atom. The van der Waals surface area contributed by atoms with Gasteiger partial charge in [-0.05, 0) is 12.5 Å². The quantitative estimate of drug-likeness (QED) is 0.575. The van der Waals surface area contributed by atoms with Gasteiger partial charge < -0.3 is 10.4 Å². The van der Waals surface area contributed by atoms with Crippen molar-refractivity contribution in [3.05, 3.63) is 0 Å². The van der Waals surface area contributed by atoms with Gasteiger partial charge in [0.2, 0.25) is 0 Å². The van der Waals surface area contributed by atoms with Crippen molar-refractivity contribution in [2.75, 3.05) is 13.6 Å².